The third-order valence-electron chi connectivity index (χ3n) is 5.38. The first-order chi connectivity index (χ1) is 15.5. The van der Waals surface area contributed by atoms with Crippen LogP contribution in [0.2, 0.25) is 0 Å². The van der Waals surface area contributed by atoms with Crippen LogP contribution in [0.3, 0.4) is 0 Å². The van der Waals surface area contributed by atoms with E-state index < -0.39 is 0 Å². The number of carbonyl (C=O) groups excluding carboxylic acids is 1. The van der Waals surface area contributed by atoms with Crippen molar-refractivity contribution >= 4 is 22.5 Å². The lowest BCUT2D eigenvalue weighted by molar-refractivity contribution is 0.102. The molecule has 32 heavy (non-hydrogen) atoms. The van der Waals surface area contributed by atoms with Crippen LogP contribution < -0.4 is 19.5 Å². The van der Waals surface area contributed by atoms with E-state index in [0.717, 1.165) is 33.5 Å². The molecule has 1 amide bonds. The van der Waals surface area contributed by atoms with Crippen molar-refractivity contribution in [2.24, 2.45) is 0 Å². The number of benzene rings is 3. The number of pyridine rings is 1. The zero-order valence-electron chi connectivity index (χ0n) is 18.4. The van der Waals surface area contributed by atoms with Gasteiger partial charge in [-0.25, -0.2) is 4.98 Å². The lowest BCUT2D eigenvalue weighted by Gasteiger charge is -2.16. The average molecular weight is 428 g/mol. The molecule has 0 aliphatic heterocycles. The number of anilines is 1. The summed E-state index contributed by atoms with van der Waals surface area (Å²) < 4.78 is 16.0. The molecule has 0 fully saturated rings. The highest BCUT2D eigenvalue weighted by Crippen LogP contribution is 2.33. The Balaban J connectivity index is 1.84. The smallest absolute Gasteiger partial charge is 0.256 e. The predicted octanol–water partition coefficient (Wildman–Crippen LogP) is 5.49. The molecule has 0 radical (unpaired) electrons. The number of rotatable bonds is 6. The molecule has 0 atom stereocenters. The van der Waals surface area contributed by atoms with Crippen LogP contribution in [-0.2, 0) is 0 Å². The number of amides is 1. The topological polar surface area (TPSA) is 69.7 Å². The minimum absolute atomic E-state index is 0.248. The summed E-state index contributed by atoms with van der Waals surface area (Å²) in [5, 5.41) is 3.77. The molecule has 0 saturated carbocycles. The van der Waals surface area contributed by atoms with Crippen molar-refractivity contribution in [2.75, 3.05) is 26.6 Å². The van der Waals surface area contributed by atoms with Crippen LogP contribution in [0, 0.1) is 6.92 Å². The third kappa shape index (κ3) is 3.95. The Labute approximate surface area is 186 Å². The zero-order chi connectivity index (χ0) is 22.7. The lowest BCUT2D eigenvalue weighted by Crippen LogP contribution is -2.16. The van der Waals surface area contributed by atoms with E-state index in [1.807, 2.05) is 55.5 Å². The van der Waals surface area contributed by atoms with Gasteiger partial charge in [-0.05, 0) is 55.0 Å². The fourth-order valence-corrected chi connectivity index (χ4v) is 3.73. The van der Waals surface area contributed by atoms with Gasteiger partial charge in [-0.3, -0.25) is 4.79 Å². The van der Waals surface area contributed by atoms with Crippen molar-refractivity contribution in [3.05, 3.63) is 77.9 Å². The van der Waals surface area contributed by atoms with Crippen molar-refractivity contribution in [1.29, 1.82) is 0 Å². The molecule has 0 bridgehead atoms. The Morgan fingerprint density at radius 3 is 2.22 bits per heavy atom. The number of nitrogens with zero attached hydrogens (tertiary/aromatic N) is 1. The maximum atomic E-state index is 13.5. The molecule has 0 saturated heterocycles. The number of ether oxygens (including phenoxy) is 3. The summed E-state index contributed by atoms with van der Waals surface area (Å²) in [6, 6.07) is 20.5. The molecule has 1 aromatic heterocycles. The van der Waals surface area contributed by atoms with Gasteiger partial charge in [0.2, 0.25) is 0 Å². The van der Waals surface area contributed by atoms with E-state index in [0.29, 0.717) is 22.7 Å². The first kappa shape index (κ1) is 21.2. The predicted molar refractivity (Wildman–Crippen MR) is 126 cm³/mol. The van der Waals surface area contributed by atoms with Crippen molar-refractivity contribution in [3.63, 3.8) is 0 Å². The summed E-state index contributed by atoms with van der Waals surface area (Å²) in [6.07, 6.45) is 0. The van der Waals surface area contributed by atoms with Crippen LogP contribution >= 0.6 is 0 Å². The van der Waals surface area contributed by atoms with Crippen LogP contribution in [0.25, 0.3) is 22.2 Å². The van der Waals surface area contributed by atoms with Gasteiger partial charge in [0, 0.05) is 17.0 Å². The highest BCUT2D eigenvalue weighted by Gasteiger charge is 2.20. The summed E-state index contributed by atoms with van der Waals surface area (Å²) in [6.45, 7) is 1.91. The lowest BCUT2D eigenvalue weighted by atomic mass is 9.97. The zero-order valence-corrected chi connectivity index (χ0v) is 18.4. The van der Waals surface area contributed by atoms with E-state index in [-0.39, 0.29) is 5.91 Å². The van der Waals surface area contributed by atoms with Gasteiger partial charge >= 0.3 is 0 Å². The molecule has 0 spiro atoms. The van der Waals surface area contributed by atoms with Gasteiger partial charge in [-0.15, -0.1) is 0 Å². The summed E-state index contributed by atoms with van der Waals surface area (Å²) in [5.74, 6) is 1.68. The molecule has 4 rings (SSSR count). The van der Waals surface area contributed by atoms with Crippen LogP contribution in [-0.4, -0.2) is 32.2 Å². The molecule has 1 heterocycles. The van der Waals surface area contributed by atoms with Gasteiger partial charge in [0.15, 0.2) is 0 Å². The summed E-state index contributed by atoms with van der Waals surface area (Å²) in [4.78, 5) is 18.4. The van der Waals surface area contributed by atoms with E-state index in [4.69, 9.17) is 19.2 Å². The summed E-state index contributed by atoms with van der Waals surface area (Å²) >= 11 is 0. The van der Waals surface area contributed by atoms with Crippen LogP contribution in [0.5, 0.6) is 17.2 Å². The van der Waals surface area contributed by atoms with Crippen molar-refractivity contribution in [3.8, 4) is 28.5 Å². The molecular formula is C26H24N2O4. The summed E-state index contributed by atoms with van der Waals surface area (Å²) in [5.41, 5.74) is 4.27. The summed E-state index contributed by atoms with van der Waals surface area (Å²) in [7, 11) is 4.77. The largest absolute Gasteiger partial charge is 0.497 e. The Kier molecular flexibility index (Phi) is 5.94. The first-order valence-electron chi connectivity index (χ1n) is 10.1. The number of nitrogens with one attached hydrogen (secondary N) is 1. The van der Waals surface area contributed by atoms with Crippen molar-refractivity contribution < 1.29 is 19.0 Å². The minimum atomic E-state index is -0.248. The Hall–Kier alpha value is -4.06. The molecule has 162 valence electrons. The molecule has 0 aliphatic rings. The van der Waals surface area contributed by atoms with Gasteiger partial charge in [0.25, 0.3) is 5.91 Å². The van der Waals surface area contributed by atoms with Gasteiger partial charge in [-0.2, -0.15) is 0 Å². The second kappa shape index (κ2) is 8.98. The van der Waals surface area contributed by atoms with Crippen LogP contribution in [0.4, 0.5) is 5.69 Å². The fourth-order valence-electron chi connectivity index (χ4n) is 3.73. The minimum Gasteiger partial charge on any atom is -0.497 e. The number of hydrogen-bond acceptors (Lipinski definition) is 5. The fraction of sp³-hybridized carbons (Fsp3) is 0.154. The first-order valence-corrected chi connectivity index (χ1v) is 10.1. The van der Waals surface area contributed by atoms with E-state index in [1.165, 1.54) is 0 Å². The quantitative estimate of drug-likeness (QED) is 0.440. The Bertz CT molecular complexity index is 1280. The van der Waals surface area contributed by atoms with Gasteiger partial charge in [0.1, 0.15) is 17.2 Å². The number of carbonyl (C=O) groups is 1. The second-order valence-corrected chi connectivity index (χ2v) is 7.23. The average Bonchev–Trinajstić information content (AvgIpc) is 2.83. The van der Waals surface area contributed by atoms with Crippen molar-refractivity contribution in [1.82, 2.24) is 4.98 Å². The number of para-hydroxylation sites is 1. The Morgan fingerprint density at radius 2 is 1.53 bits per heavy atom. The monoisotopic (exact) mass is 428 g/mol. The van der Waals surface area contributed by atoms with Gasteiger partial charge in [-0.1, -0.05) is 18.2 Å². The molecule has 3 aromatic carbocycles. The number of fused-ring (bicyclic) bond motifs is 1. The maximum Gasteiger partial charge on any atom is 0.256 e. The van der Waals surface area contributed by atoms with E-state index in [1.54, 1.807) is 39.5 Å². The molecule has 4 aromatic rings. The van der Waals surface area contributed by atoms with Gasteiger partial charge in [0.05, 0.1) is 43.8 Å². The normalized spacial score (nSPS) is 10.6. The molecule has 1 N–H and O–H groups in total. The molecule has 0 unspecified atom stereocenters. The number of methoxy groups -OCH3 is 3. The Morgan fingerprint density at radius 1 is 0.844 bits per heavy atom. The van der Waals surface area contributed by atoms with Crippen LogP contribution in [0.15, 0.2) is 66.7 Å². The standard InChI is InChI=1S/C26H24N2O4/c1-16-24(26(29)28-22-15-19(31-3)13-14-23(22)32-4)20-7-5-6-8-21(20)27-25(16)17-9-11-18(30-2)12-10-17/h5-15H,1-4H3,(H,28,29). The second-order valence-electron chi connectivity index (χ2n) is 7.23. The highest BCUT2D eigenvalue weighted by atomic mass is 16.5. The van der Waals surface area contributed by atoms with E-state index in [2.05, 4.69) is 5.32 Å². The van der Waals surface area contributed by atoms with Crippen molar-refractivity contribution in [2.45, 2.75) is 6.92 Å². The maximum absolute atomic E-state index is 13.5. The van der Waals surface area contributed by atoms with Crippen LogP contribution in [0.1, 0.15) is 15.9 Å². The van der Waals surface area contributed by atoms with Gasteiger partial charge < -0.3 is 19.5 Å². The molecular weight excluding hydrogens is 404 g/mol. The molecule has 6 heteroatoms. The van der Waals surface area contributed by atoms with E-state index >= 15 is 0 Å². The van der Waals surface area contributed by atoms with E-state index in [9.17, 15) is 4.79 Å². The SMILES string of the molecule is COc1ccc(-c2nc3ccccc3c(C(=O)Nc3cc(OC)ccc3OC)c2C)cc1. The number of aromatic nitrogens is 1. The number of hydrogen-bond donors (Lipinski definition) is 1. The molecule has 0 aliphatic carbocycles. The highest BCUT2D eigenvalue weighted by molar-refractivity contribution is 6.14. The third-order valence-corrected chi connectivity index (χ3v) is 5.38. The molecule has 6 nitrogen and oxygen atoms in total.